The van der Waals surface area contributed by atoms with Gasteiger partial charge in [0, 0.05) is 6.08 Å². The van der Waals surface area contributed by atoms with E-state index in [1.165, 1.54) is 6.08 Å². The largest absolute Gasteiger partial charge is 0.431 e. The van der Waals surface area contributed by atoms with Crippen LogP contribution < -0.4 is 0 Å². The second-order valence-corrected chi connectivity index (χ2v) is 10.3. The summed E-state index contributed by atoms with van der Waals surface area (Å²) >= 11 is 0. The van der Waals surface area contributed by atoms with Crippen LogP contribution in [-0.4, -0.2) is 13.1 Å². The third-order valence-electron chi connectivity index (χ3n) is 3.87. The first-order valence-corrected chi connectivity index (χ1v) is 9.09. The molecule has 0 heterocycles. The molecule has 0 saturated carbocycles. The maximum absolute atomic E-state index is 11.0. The number of benzene rings is 1. The smallest absolute Gasteiger partial charge is 0.197 e. The van der Waals surface area contributed by atoms with Crippen LogP contribution in [0, 0.1) is 11.3 Å². The van der Waals surface area contributed by atoms with Crippen molar-refractivity contribution in [2.75, 3.05) is 0 Å². The Morgan fingerprint density at radius 2 is 1.79 bits per heavy atom. The Kier molecular flexibility index (Phi) is 5.53. The highest BCUT2D eigenvalue weighted by Gasteiger charge is 2.38. The van der Waals surface area contributed by atoms with E-state index >= 15 is 0 Å². The molecule has 0 aliphatic heterocycles. The van der Waals surface area contributed by atoms with Gasteiger partial charge in [-0.1, -0.05) is 52.0 Å². The van der Waals surface area contributed by atoms with Crippen molar-refractivity contribution in [2.24, 2.45) is 0 Å². The van der Waals surface area contributed by atoms with E-state index in [1.807, 2.05) is 30.3 Å². The summed E-state index contributed by atoms with van der Waals surface area (Å²) in [6, 6.07) is 10.8. The first-order chi connectivity index (χ1) is 8.91. The summed E-state index contributed by atoms with van der Waals surface area (Å²) in [6.07, 6.45) is 3.31. The van der Waals surface area contributed by atoms with Gasteiger partial charge in [-0.2, -0.15) is 5.26 Å². The van der Waals surface area contributed by atoms with Crippen LogP contribution in [0.1, 0.15) is 38.8 Å². The fourth-order valence-corrected chi connectivity index (χ4v) is 5.45. The Morgan fingerprint density at radius 1 is 1.21 bits per heavy atom. The fourth-order valence-electron chi connectivity index (χ4n) is 2.36. The lowest BCUT2D eigenvalue weighted by molar-refractivity contribution is 0.490. The minimum absolute atomic E-state index is 0.320. The van der Waals surface area contributed by atoms with Crippen LogP contribution in [0.3, 0.4) is 0 Å². The minimum atomic E-state index is -2.33. The van der Waals surface area contributed by atoms with E-state index in [0.717, 1.165) is 17.2 Å². The Hall–Kier alpha value is -1.37. The zero-order valence-corrected chi connectivity index (χ0v) is 13.2. The van der Waals surface area contributed by atoms with E-state index in [-0.39, 0.29) is 0 Å². The summed E-state index contributed by atoms with van der Waals surface area (Å²) < 4.78 is 0. The molecular weight excluding hydrogens is 250 g/mol. The van der Waals surface area contributed by atoms with Crippen LogP contribution in [0.2, 0.25) is 11.1 Å². The number of nitriles is 1. The summed E-state index contributed by atoms with van der Waals surface area (Å²) in [5.41, 5.74) is 2.82. The van der Waals surface area contributed by atoms with Crippen LogP contribution in [0.25, 0.3) is 6.08 Å². The van der Waals surface area contributed by atoms with E-state index in [4.69, 9.17) is 5.26 Å². The molecule has 0 atom stereocenters. The summed E-state index contributed by atoms with van der Waals surface area (Å²) in [7, 11) is -2.33. The molecular formula is C16H23NOSi. The van der Waals surface area contributed by atoms with Crippen LogP contribution in [0.4, 0.5) is 0 Å². The zero-order chi connectivity index (χ0) is 14.5. The second-order valence-electron chi connectivity index (χ2n) is 5.64. The molecule has 1 N–H and O–H groups in total. The van der Waals surface area contributed by atoms with E-state index in [1.54, 1.807) is 0 Å². The maximum Gasteiger partial charge on any atom is 0.197 e. The molecule has 0 aliphatic carbocycles. The van der Waals surface area contributed by atoms with Crippen molar-refractivity contribution in [2.45, 2.75) is 44.8 Å². The van der Waals surface area contributed by atoms with E-state index in [9.17, 15) is 4.80 Å². The predicted molar refractivity (Wildman–Crippen MR) is 83.0 cm³/mol. The van der Waals surface area contributed by atoms with E-state index < -0.39 is 8.32 Å². The molecule has 0 saturated heterocycles. The van der Waals surface area contributed by atoms with Gasteiger partial charge in [-0.15, -0.1) is 0 Å². The van der Waals surface area contributed by atoms with Gasteiger partial charge in [-0.25, -0.2) is 0 Å². The van der Waals surface area contributed by atoms with Crippen LogP contribution >= 0.6 is 0 Å². The van der Waals surface area contributed by atoms with E-state index in [2.05, 4.69) is 33.8 Å². The van der Waals surface area contributed by atoms with Crippen molar-refractivity contribution in [3.8, 4) is 6.07 Å². The Balaban J connectivity index is 3.11. The molecule has 0 fully saturated rings. The van der Waals surface area contributed by atoms with Gasteiger partial charge in [0.2, 0.25) is 0 Å². The molecule has 0 unspecified atom stereocenters. The number of allylic oxidation sites excluding steroid dienone is 1. The molecule has 2 nitrogen and oxygen atoms in total. The molecule has 0 aromatic heterocycles. The lowest BCUT2D eigenvalue weighted by Crippen LogP contribution is -2.44. The molecule has 102 valence electrons. The van der Waals surface area contributed by atoms with Gasteiger partial charge in [-0.3, -0.25) is 0 Å². The van der Waals surface area contributed by atoms with Crippen molar-refractivity contribution < 1.29 is 4.80 Å². The first kappa shape index (κ1) is 15.7. The van der Waals surface area contributed by atoms with Crippen LogP contribution in [0.5, 0.6) is 0 Å². The number of hydrogen-bond acceptors (Lipinski definition) is 2. The van der Waals surface area contributed by atoms with Gasteiger partial charge in [-0.05, 0) is 34.3 Å². The van der Waals surface area contributed by atoms with Crippen molar-refractivity contribution >= 4 is 14.4 Å². The topological polar surface area (TPSA) is 44.0 Å². The first-order valence-electron chi connectivity index (χ1n) is 6.78. The third-order valence-corrected chi connectivity index (χ3v) is 8.81. The second kappa shape index (κ2) is 6.69. The normalized spacial score (nSPS) is 12.3. The standard InChI is InChI=1S/C16H23NOSi/c1-13(2)19(18,14(3)4)12-16-9-6-5-8-15(16)10-7-11-17/h5-10,13-14,18H,12H2,1-4H3/b10-7+. The molecule has 0 spiro atoms. The van der Waals surface area contributed by atoms with Gasteiger partial charge >= 0.3 is 0 Å². The quantitative estimate of drug-likeness (QED) is 0.649. The highest BCUT2D eigenvalue weighted by molar-refractivity contribution is 6.74. The van der Waals surface area contributed by atoms with Gasteiger partial charge in [0.25, 0.3) is 0 Å². The summed E-state index contributed by atoms with van der Waals surface area (Å²) in [5.74, 6) is 0. The van der Waals surface area contributed by atoms with E-state index in [0.29, 0.717) is 11.1 Å². The minimum Gasteiger partial charge on any atom is -0.431 e. The van der Waals surface area contributed by atoms with Crippen molar-refractivity contribution in [3.63, 3.8) is 0 Å². The molecule has 1 aromatic rings. The number of nitrogens with zero attached hydrogens (tertiary/aromatic N) is 1. The van der Waals surface area contributed by atoms with Crippen molar-refractivity contribution in [1.82, 2.24) is 0 Å². The predicted octanol–water partition coefficient (Wildman–Crippen LogP) is 4.06. The molecule has 0 bridgehead atoms. The van der Waals surface area contributed by atoms with Gasteiger partial charge in [0.1, 0.15) is 0 Å². The lowest BCUT2D eigenvalue weighted by Gasteiger charge is -2.33. The molecule has 3 heteroatoms. The summed E-state index contributed by atoms with van der Waals surface area (Å²) in [6.45, 7) is 8.44. The van der Waals surface area contributed by atoms with Crippen LogP contribution in [-0.2, 0) is 6.04 Å². The molecule has 1 rings (SSSR count). The van der Waals surface area contributed by atoms with Gasteiger partial charge in [0.15, 0.2) is 8.32 Å². The van der Waals surface area contributed by atoms with Crippen molar-refractivity contribution in [3.05, 3.63) is 41.5 Å². The Labute approximate surface area is 117 Å². The van der Waals surface area contributed by atoms with Gasteiger partial charge in [0.05, 0.1) is 6.07 Å². The number of hydrogen-bond donors (Lipinski definition) is 1. The molecule has 0 radical (unpaired) electrons. The van der Waals surface area contributed by atoms with Crippen molar-refractivity contribution in [1.29, 1.82) is 5.26 Å². The fraction of sp³-hybridized carbons (Fsp3) is 0.438. The Bertz CT molecular complexity index is 478. The summed E-state index contributed by atoms with van der Waals surface area (Å²) in [4.78, 5) is 11.0. The molecule has 0 aliphatic rings. The Morgan fingerprint density at radius 3 is 2.32 bits per heavy atom. The zero-order valence-electron chi connectivity index (χ0n) is 12.2. The highest BCUT2D eigenvalue weighted by atomic mass is 28.4. The third kappa shape index (κ3) is 3.79. The lowest BCUT2D eigenvalue weighted by atomic mass is 10.1. The molecule has 1 aromatic carbocycles. The molecule has 19 heavy (non-hydrogen) atoms. The summed E-state index contributed by atoms with van der Waals surface area (Å²) in [5, 5.41) is 8.65. The van der Waals surface area contributed by atoms with Crippen LogP contribution in [0.15, 0.2) is 30.3 Å². The average Bonchev–Trinajstić information content (AvgIpc) is 2.37. The monoisotopic (exact) mass is 273 g/mol. The highest BCUT2D eigenvalue weighted by Crippen LogP contribution is 2.33. The average molecular weight is 273 g/mol. The SMILES string of the molecule is CC(C)[Si](O)(Cc1ccccc1/C=C/C#N)C(C)C. The number of rotatable bonds is 5. The van der Waals surface area contributed by atoms with Gasteiger partial charge < -0.3 is 4.80 Å². The maximum atomic E-state index is 11.0. The molecule has 0 amide bonds.